The summed E-state index contributed by atoms with van der Waals surface area (Å²) in [6.45, 7) is 3.27. The van der Waals surface area contributed by atoms with E-state index in [0.717, 1.165) is 11.3 Å². The number of hydrogen-bond donors (Lipinski definition) is 2. The Labute approximate surface area is 147 Å². The van der Waals surface area contributed by atoms with Crippen LogP contribution in [0.1, 0.15) is 28.2 Å². The SMILES string of the molecule is Cc1c(C(N)=O)sc2ncn([C@H](C)C(=O)Nc3ccccc3)c(=O)c12. The van der Waals surface area contributed by atoms with Crippen molar-refractivity contribution in [3.8, 4) is 0 Å². The standard InChI is InChI=1S/C17H16N4O3S/c1-9-12-16(25-13(9)14(18)22)19-8-21(17(12)24)10(2)15(23)20-11-6-4-3-5-7-11/h3-8,10H,1-2H3,(H2,18,22)(H,20,23)/t10-/m1/s1. The highest BCUT2D eigenvalue weighted by Gasteiger charge is 2.22. The molecule has 0 aliphatic carbocycles. The van der Waals surface area contributed by atoms with Crippen LogP contribution in [0.15, 0.2) is 41.5 Å². The van der Waals surface area contributed by atoms with E-state index >= 15 is 0 Å². The second-order valence-electron chi connectivity index (χ2n) is 5.59. The van der Waals surface area contributed by atoms with Crippen molar-refractivity contribution in [2.24, 2.45) is 5.73 Å². The molecule has 3 N–H and O–H groups in total. The lowest BCUT2D eigenvalue weighted by molar-refractivity contribution is -0.118. The number of para-hydroxylation sites is 1. The zero-order chi connectivity index (χ0) is 18.1. The van der Waals surface area contributed by atoms with E-state index in [2.05, 4.69) is 10.3 Å². The van der Waals surface area contributed by atoms with Gasteiger partial charge in [0.05, 0.1) is 16.6 Å². The molecular weight excluding hydrogens is 340 g/mol. The van der Waals surface area contributed by atoms with Crippen LogP contribution in [0.2, 0.25) is 0 Å². The number of aromatic nitrogens is 2. The molecule has 0 saturated heterocycles. The van der Waals surface area contributed by atoms with Gasteiger partial charge in [0.25, 0.3) is 11.5 Å². The van der Waals surface area contributed by atoms with Gasteiger partial charge in [-0.25, -0.2) is 4.98 Å². The average Bonchev–Trinajstić information content (AvgIpc) is 2.93. The number of nitrogens with one attached hydrogen (secondary N) is 1. The number of nitrogens with two attached hydrogens (primary N) is 1. The fourth-order valence-corrected chi connectivity index (χ4v) is 3.53. The smallest absolute Gasteiger partial charge is 0.263 e. The van der Waals surface area contributed by atoms with Crippen LogP contribution in [0.3, 0.4) is 0 Å². The fraction of sp³-hybridized carbons (Fsp3) is 0.176. The van der Waals surface area contributed by atoms with Crippen LogP contribution in [0.25, 0.3) is 10.2 Å². The summed E-state index contributed by atoms with van der Waals surface area (Å²) >= 11 is 1.08. The van der Waals surface area contributed by atoms with Gasteiger partial charge in [-0.2, -0.15) is 0 Å². The summed E-state index contributed by atoms with van der Waals surface area (Å²) < 4.78 is 1.26. The highest BCUT2D eigenvalue weighted by molar-refractivity contribution is 7.20. The van der Waals surface area contributed by atoms with Crippen molar-refractivity contribution in [3.05, 3.63) is 57.5 Å². The van der Waals surface area contributed by atoms with E-state index in [4.69, 9.17) is 5.73 Å². The first-order valence-electron chi connectivity index (χ1n) is 7.56. The Balaban J connectivity index is 1.99. The first kappa shape index (κ1) is 16.8. The van der Waals surface area contributed by atoms with Crippen LogP contribution >= 0.6 is 11.3 Å². The quantitative estimate of drug-likeness (QED) is 0.746. The van der Waals surface area contributed by atoms with Gasteiger partial charge in [-0.3, -0.25) is 19.0 Å². The van der Waals surface area contributed by atoms with Crippen molar-refractivity contribution in [3.63, 3.8) is 0 Å². The number of benzene rings is 1. The minimum absolute atomic E-state index is 0.304. The molecular formula is C17H16N4O3S. The van der Waals surface area contributed by atoms with E-state index in [1.54, 1.807) is 38.1 Å². The summed E-state index contributed by atoms with van der Waals surface area (Å²) in [5.74, 6) is -0.932. The Morgan fingerprint density at radius 1 is 1.28 bits per heavy atom. The molecule has 0 saturated carbocycles. The van der Waals surface area contributed by atoms with Crippen LogP contribution in [-0.4, -0.2) is 21.4 Å². The molecule has 0 spiro atoms. The largest absolute Gasteiger partial charge is 0.365 e. The number of carbonyl (C=O) groups excluding carboxylic acids is 2. The van der Waals surface area contributed by atoms with Crippen molar-refractivity contribution in [1.82, 2.24) is 9.55 Å². The first-order valence-corrected chi connectivity index (χ1v) is 8.37. The van der Waals surface area contributed by atoms with Gasteiger partial charge in [-0.1, -0.05) is 18.2 Å². The molecule has 3 aromatic rings. The highest BCUT2D eigenvalue weighted by atomic mass is 32.1. The monoisotopic (exact) mass is 356 g/mol. The molecule has 3 rings (SSSR count). The summed E-state index contributed by atoms with van der Waals surface area (Å²) in [5.41, 5.74) is 6.10. The molecule has 0 radical (unpaired) electrons. The van der Waals surface area contributed by atoms with E-state index < -0.39 is 11.9 Å². The van der Waals surface area contributed by atoms with Crippen LogP contribution in [0, 0.1) is 6.92 Å². The van der Waals surface area contributed by atoms with Gasteiger partial charge in [-0.15, -0.1) is 11.3 Å². The Hall–Kier alpha value is -3.00. The molecule has 0 bridgehead atoms. The van der Waals surface area contributed by atoms with Crippen molar-refractivity contribution in [1.29, 1.82) is 0 Å². The molecule has 128 valence electrons. The molecule has 1 atom stereocenters. The van der Waals surface area contributed by atoms with Gasteiger partial charge in [0.2, 0.25) is 5.91 Å². The molecule has 0 unspecified atom stereocenters. The maximum atomic E-state index is 12.8. The number of rotatable bonds is 4. The second-order valence-corrected chi connectivity index (χ2v) is 6.59. The lowest BCUT2D eigenvalue weighted by Crippen LogP contribution is -2.31. The number of primary amides is 1. The molecule has 0 aliphatic heterocycles. The Bertz CT molecular complexity index is 1020. The minimum Gasteiger partial charge on any atom is -0.365 e. The number of nitrogens with zero attached hydrogens (tertiary/aromatic N) is 2. The topological polar surface area (TPSA) is 107 Å². The molecule has 2 aromatic heterocycles. The van der Waals surface area contributed by atoms with Crippen LogP contribution in [0.4, 0.5) is 5.69 Å². The fourth-order valence-electron chi connectivity index (χ4n) is 2.54. The van der Waals surface area contributed by atoms with Gasteiger partial charge in [0.1, 0.15) is 10.9 Å². The molecule has 7 nitrogen and oxygen atoms in total. The van der Waals surface area contributed by atoms with Crippen LogP contribution < -0.4 is 16.6 Å². The normalized spacial score (nSPS) is 12.1. The number of hydrogen-bond acceptors (Lipinski definition) is 5. The third-order valence-electron chi connectivity index (χ3n) is 3.94. The molecule has 25 heavy (non-hydrogen) atoms. The van der Waals surface area contributed by atoms with Crippen molar-refractivity contribution < 1.29 is 9.59 Å². The predicted molar refractivity (Wildman–Crippen MR) is 96.9 cm³/mol. The number of aryl methyl sites for hydroxylation is 1. The van der Waals surface area contributed by atoms with Crippen LogP contribution in [0.5, 0.6) is 0 Å². The van der Waals surface area contributed by atoms with E-state index in [0.29, 0.717) is 26.3 Å². The summed E-state index contributed by atoms with van der Waals surface area (Å²) in [6, 6.07) is 8.21. The van der Waals surface area contributed by atoms with Crippen molar-refractivity contribution >= 4 is 39.1 Å². The molecule has 0 aliphatic rings. The molecule has 2 heterocycles. The Morgan fingerprint density at radius 2 is 1.96 bits per heavy atom. The average molecular weight is 356 g/mol. The van der Waals surface area contributed by atoms with Gasteiger partial charge in [-0.05, 0) is 31.5 Å². The van der Waals surface area contributed by atoms with E-state index in [9.17, 15) is 14.4 Å². The number of carbonyl (C=O) groups is 2. The van der Waals surface area contributed by atoms with Gasteiger partial charge in [0, 0.05) is 5.69 Å². The highest BCUT2D eigenvalue weighted by Crippen LogP contribution is 2.26. The maximum absolute atomic E-state index is 12.8. The molecule has 0 fully saturated rings. The first-order chi connectivity index (χ1) is 11.9. The van der Waals surface area contributed by atoms with Gasteiger partial charge in [0.15, 0.2) is 0 Å². The maximum Gasteiger partial charge on any atom is 0.263 e. The van der Waals surface area contributed by atoms with E-state index in [-0.39, 0.29) is 11.5 Å². The lowest BCUT2D eigenvalue weighted by atomic mass is 10.2. The van der Waals surface area contributed by atoms with Crippen molar-refractivity contribution in [2.75, 3.05) is 5.32 Å². The van der Waals surface area contributed by atoms with E-state index in [1.165, 1.54) is 10.9 Å². The van der Waals surface area contributed by atoms with Gasteiger partial charge >= 0.3 is 0 Å². The lowest BCUT2D eigenvalue weighted by Gasteiger charge is -2.14. The number of fused-ring (bicyclic) bond motifs is 1. The number of anilines is 1. The van der Waals surface area contributed by atoms with Crippen molar-refractivity contribution in [2.45, 2.75) is 19.9 Å². The summed E-state index contributed by atoms with van der Waals surface area (Å²) in [5, 5.41) is 3.08. The number of thiophene rings is 1. The zero-order valence-electron chi connectivity index (χ0n) is 13.6. The summed E-state index contributed by atoms with van der Waals surface area (Å²) in [6.07, 6.45) is 1.32. The third-order valence-corrected chi connectivity index (χ3v) is 5.15. The second kappa shape index (κ2) is 6.48. The predicted octanol–water partition coefficient (Wildman–Crippen LogP) is 2.07. The van der Waals surface area contributed by atoms with Gasteiger partial charge < -0.3 is 11.1 Å². The number of amides is 2. The minimum atomic E-state index is -0.763. The summed E-state index contributed by atoms with van der Waals surface area (Å²) in [7, 11) is 0. The summed E-state index contributed by atoms with van der Waals surface area (Å²) in [4.78, 5) is 41.6. The molecule has 1 aromatic carbocycles. The Morgan fingerprint density at radius 3 is 2.60 bits per heavy atom. The van der Waals surface area contributed by atoms with Crippen LogP contribution in [-0.2, 0) is 4.79 Å². The molecule has 2 amide bonds. The third kappa shape index (κ3) is 3.03. The zero-order valence-corrected chi connectivity index (χ0v) is 14.5. The molecule has 8 heteroatoms. The van der Waals surface area contributed by atoms with E-state index in [1.807, 2.05) is 6.07 Å². The Kier molecular flexibility index (Phi) is 4.37.